The number of halogens is 4. The van der Waals surface area contributed by atoms with Crippen molar-refractivity contribution >= 4 is 11.6 Å². The fourth-order valence-electron chi connectivity index (χ4n) is 3.14. The molecule has 29 heavy (non-hydrogen) atoms. The fraction of sp³-hybridized carbons (Fsp3) is 0.150. The van der Waals surface area contributed by atoms with Crippen molar-refractivity contribution in [2.24, 2.45) is 0 Å². The molecule has 9 heteroatoms. The Morgan fingerprint density at radius 2 is 1.76 bits per heavy atom. The average Bonchev–Trinajstić information content (AvgIpc) is 3.04. The molecule has 1 aliphatic heterocycles. The summed E-state index contributed by atoms with van der Waals surface area (Å²) in [4.78, 5) is 22.4. The topological polar surface area (TPSA) is 55.3 Å². The number of aromatic nitrogens is 2. The number of hydrogen-bond donors (Lipinski definition) is 0. The maximum absolute atomic E-state index is 13.2. The third kappa shape index (κ3) is 3.75. The third-order valence-electron chi connectivity index (χ3n) is 4.42. The smallest absolute Gasteiger partial charge is 0.422 e. The van der Waals surface area contributed by atoms with Crippen LogP contribution in [0.4, 0.5) is 23.2 Å². The number of amides is 1. The van der Waals surface area contributed by atoms with Gasteiger partial charge in [-0.15, -0.1) is 0 Å². The molecule has 1 aliphatic rings. The summed E-state index contributed by atoms with van der Waals surface area (Å²) in [5, 5.41) is 0. The highest BCUT2D eigenvalue weighted by Crippen LogP contribution is 2.37. The predicted octanol–water partition coefficient (Wildman–Crippen LogP) is 4.38. The van der Waals surface area contributed by atoms with Crippen molar-refractivity contribution in [3.05, 3.63) is 71.9 Å². The van der Waals surface area contributed by atoms with Gasteiger partial charge in [0.05, 0.1) is 18.4 Å². The number of alkyl halides is 3. The normalized spacial score (nSPS) is 13.5. The highest BCUT2D eigenvalue weighted by Gasteiger charge is 2.33. The van der Waals surface area contributed by atoms with Crippen molar-refractivity contribution < 1.29 is 27.1 Å². The first kappa shape index (κ1) is 18.9. The molecule has 0 aliphatic carbocycles. The molecule has 0 saturated carbocycles. The number of nitrogens with zero attached hydrogens (tertiary/aromatic N) is 3. The van der Waals surface area contributed by atoms with E-state index < -0.39 is 18.6 Å². The molecule has 148 valence electrons. The molecular formula is C20H13F4N3O2. The highest BCUT2D eigenvalue weighted by molar-refractivity contribution is 6.11. The van der Waals surface area contributed by atoms with Gasteiger partial charge in [0, 0.05) is 34.8 Å². The second kappa shape index (κ2) is 7.16. The zero-order valence-corrected chi connectivity index (χ0v) is 14.8. The van der Waals surface area contributed by atoms with Gasteiger partial charge in [-0.05, 0) is 36.4 Å². The van der Waals surface area contributed by atoms with Crippen LogP contribution in [0.2, 0.25) is 0 Å². The lowest BCUT2D eigenvalue weighted by atomic mass is 10.0. The van der Waals surface area contributed by atoms with Crippen LogP contribution in [-0.4, -0.2) is 28.7 Å². The van der Waals surface area contributed by atoms with Gasteiger partial charge in [-0.3, -0.25) is 14.8 Å². The number of rotatable bonds is 4. The van der Waals surface area contributed by atoms with Crippen LogP contribution in [-0.2, 0) is 6.54 Å². The molecule has 1 aromatic carbocycles. The molecule has 0 radical (unpaired) electrons. The van der Waals surface area contributed by atoms with Crippen LogP contribution >= 0.6 is 0 Å². The number of benzene rings is 1. The molecule has 0 saturated heterocycles. The van der Waals surface area contributed by atoms with E-state index in [0.717, 1.165) is 0 Å². The van der Waals surface area contributed by atoms with E-state index in [-0.39, 0.29) is 18.2 Å². The number of pyridine rings is 2. The van der Waals surface area contributed by atoms with E-state index in [4.69, 9.17) is 4.74 Å². The Hall–Kier alpha value is -3.49. The summed E-state index contributed by atoms with van der Waals surface area (Å²) in [6, 6.07) is 8.49. The first-order chi connectivity index (χ1) is 13.8. The van der Waals surface area contributed by atoms with Gasteiger partial charge >= 0.3 is 6.18 Å². The van der Waals surface area contributed by atoms with Gasteiger partial charge in [-0.1, -0.05) is 0 Å². The minimum Gasteiger partial charge on any atom is -0.482 e. The van der Waals surface area contributed by atoms with E-state index >= 15 is 0 Å². The first-order valence-electron chi connectivity index (χ1n) is 8.53. The largest absolute Gasteiger partial charge is 0.482 e. The van der Waals surface area contributed by atoms with Crippen molar-refractivity contribution in [2.75, 3.05) is 11.5 Å². The fourth-order valence-corrected chi connectivity index (χ4v) is 3.14. The van der Waals surface area contributed by atoms with Crippen LogP contribution < -0.4 is 9.64 Å². The number of ether oxygens (including phenoxy) is 1. The van der Waals surface area contributed by atoms with E-state index in [1.807, 2.05) is 0 Å². The van der Waals surface area contributed by atoms with Crippen LogP contribution in [0.15, 0.2) is 55.0 Å². The van der Waals surface area contributed by atoms with E-state index in [1.165, 1.54) is 53.8 Å². The minimum atomic E-state index is -4.51. The van der Waals surface area contributed by atoms with Crippen molar-refractivity contribution in [3.8, 4) is 17.0 Å². The molecular weight excluding hydrogens is 390 g/mol. The van der Waals surface area contributed by atoms with Crippen LogP contribution in [0, 0.1) is 5.82 Å². The lowest BCUT2D eigenvalue weighted by Gasteiger charge is -2.16. The molecule has 0 N–H and O–H groups in total. The summed E-state index contributed by atoms with van der Waals surface area (Å²) < 4.78 is 55.8. The van der Waals surface area contributed by atoms with Gasteiger partial charge in [-0.2, -0.15) is 13.2 Å². The lowest BCUT2D eigenvalue weighted by molar-refractivity contribution is -0.153. The molecule has 1 amide bonds. The van der Waals surface area contributed by atoms with Crippen LogP contribution in [0.1, 0.15) is 15.9 Å². The maximum atomic E-state index is 13.2. The Bertz CT molecular complexity index is 1070. The molecule has 2 aromatic heterocycles. The minimum absolute atomic E-state index is 0.0848. The summed E-state index contributed by atoms with van der Waals surface area (Å²) >= 11 is 0. The Kier molecular flexibility index (Phi) is 4.65. The monoisotopic (exact) mass is 403 g/mol. The maximum Gasteiger partial charge on any atom is 0.422 e. The Morgan fingerprint density at radius 1 is 1.03 bits per heavy atom. The lowest BCUT2D eigenvalue weighted by Crippen LogP contribution is -2.22. The number of carbonyl (C=O) groups is 1. The molecule has 0 bridgehead atoms. The van der Waals surface area contributed by atoms with Gasteiger partial charge in [0.15, 0.2) is 6.61 Å². The van der Waals surface area contributed by atoms with Gasteiger partial charge in [0.25, 0.3) is 5.91 Å². The second-order valence-electron chi connectivity index (χ2n) is 6.33. The quantitative estimate of drug-likeness (QED) is 0.607. The molecule has 0 spiro atoms. The summed E-state index contributed by atoms with van der Waals surface area (Å²) in [6.45, 7) is -1.33. The van der Waals surface area contributed by atoms with Crippen molar-refractivity contribution in [3.63, 3.8) is 0 Å². The molecule has 0 fully saturated rings. The van der Waals surface area contributed by atoms with Crippen LogP contribution in [0.5, 0.6) is 5.75 Å². The highest BCUT2D eigenvalue weighted by atomic mass is 19.4. The van der Waals surface area contributed by atoms with E-state index in [2.05, 4.69) is 9.97 Å². The molecule has 3 heterocycles. The summed E-state index contributed by atoms with van der Waals surface area (Å²) in [7, 11) is 0. The zero-order valence-electron chi connectivity index (χ0n) is 14.8. The van der Waals surface area contributed by atoms with Crippen LogP contribution in [0.25, 0.3) is 11.3 Å². The van der Waals surface area contributed by atoms with E-state index in [0.29, 0.717) is 28.1 Å². The second-order valence-corrected chi connectivity index (χ2v) is 6.33. The molecule has 0 atom stereocenters. The Labute approximate surface area is 162 Å². The van der Waals surface area contributed by atoms with Gasteiger partial charge < -0.3 is 9.64 Å². The van der Waals surface area contributed by atoms with Gasteiger partial charge in [0.2, 0.25) is 0 Å². The summed E-state index contributed by atoms with van der Waals surface area (Å²) in [5.74, 6) is -0.816. The first-order valence-corrected chi connectivity index (χ1v) is 8.53. The molecule has 3 aromatic rings. The van der Waals surface area contributed by atoms with Gasteiger partial charge in [0.1, 0.15) is 11.6 Å². The third-order valence-corrected chi connectivity index (χ3v) is 4.42. The Balaban J connectivity index is 1.72. The molecule has 0 unspecified atom stereocenters. The zero-order chi connectivity index (χ0) is 20.6. The van der Waals surface area contributed by atoms with Crippen molar-refractivity contribution in [1.82, 2.24) is 9.97 Å². The number of anilines is 1. The summed E-state index contributed by atoms with van der Waals surface area (Å²) in [5.41, 5.74) is 2.06. The average molecular weight is 403 g/mol. The summed E-state index contributed by atoms with van der Waals surface area (Å²) in [6.07, 6.45) is -0.509. The molecule has 4 rings (SSSR count). The standard InChI is InChI=1S/C20H13F4N3O2/c21-12-1-3-13(4-2-12)27-10-16-14(19(27)28)6-8-26-18(16)15-5-7-25-9-17(15)29-11-20(22,23)24/h1-9H,10-11H2. The van der Waals surface area contributed by atoms with E-state index in [9.17, 15) is 22.4 Å². The number of carbonyl (C=O) groups excluding carboxylic acids is 1. The van der Waals surface area contributed by atoms with E-state index in [1.54, 1.807) is 6.07 Å². The van der Waals surface area contributed by atoms with Crippen molar-refractivity contribution in [1.29, 1.82) is 0 Å². The number of hydrogen-bond acceptors (Lipinski definition) is 4. The van der Waals surface area contributed by atoms with Crippen molar-refractivity contribution in [2.45, 2.75) is 12.7 Å². The Morgan fingerprint density at radius 3 is 2.48 bits per heavy atom. The molecule has 5 nitrogen and oxygen atoms in total. The predicted molar refractivity (Wildman–Crippen MR) is 95.9 cm³/mol. The van der Waals surface area contributed by atoms with Crippen LogP contribution in [0.3, 0.4) is 0 Å². The number of fused-ring (bicyclic) bond motifs is 1. The van der Waals surface area contributed by atoms with Gasteiger partial charge in [-0.25, -0.2) is 4.39 Å². The SMILES string of the molecule is O=C1c2ccnc(-c3ccncc3OCC(F)(F)F)c2CN1c1ccc(F)cc1.